The van der Waals surface area contributed by atoms with Crippen molar-refractivity contribution in [2.24, 2.45) is 0 Å². The van der Waals surface area contributed by atoms with Gasteiger partial charge in [-0.25, -0.2) is 4.57 Å². The van der Waals surface area contributed by atoms with Gasteiger partial charge in [0.25, 0.3) is 0 Å². The zero-order valence-electron chi connectivity index (χ0n) is 7.40. The van der Waals surface area contributed by atoms with Gasteiger partial charge in [0.2, 0.25) is 0 Å². The van der Waals surface area contributed by atoms with Crippen molar-refractivity contribution in [3.63, 3.8) is 0 Å². The lowest BCUT2D eigenvalue weighted by molar-refractivity contribution is 0.111. The summed E-state index contributed by atoms with van der Waals surface area (Å²) in [6, 6.07) is 0. The van der Waals surface area contributed by atoms with E-state index in [0.29, 0.717) is 6.29 Å². The number of aromatic nitrogens is 1. The van der Waals surface area contributed by atoms with E-state index in [0.717, 1.165) is 6.20 Å². The Morgan fingerprint density at radius 1 is 1.47 bits per heavy atom. The first-order valence-corrected chi connectivity index (χ1v) is 5.28. The number of rotatable bonds is 4. The summed E-state index contributed by atoms with van der Waals surface area (Å²) in [5.74, 6) is -0.364. The molecule has 15 heavy (non-hydrogen) atoms. The minimum absolute atomic E-state index is 0.0987. The topological polar surface area (TPSA) is 117 Å². The van der Waals surface area contributed by atoms with Crippen LogP contribution in [-0.4, -0.2) is 26.2 Å². The quantitative estimate of drug-likeness (QED) is 0.502. The van der Waals surface area contributed by atoms with Gasteiger partial charge in [-0.05, 0) is 0 Å². The molecule has 0 aromatic carbocycles. The maximum atomic E-state index is 10.5. The predicted molar refractivity (Wildman–Crippen MR) is 48.1 cm³/mol. The summed E-state index contributed by atoms with van der Waals surface area (Å²) in [6.07, 6.45) is 2.58. The minimum atomic E-state index is -4.60. The molecule has 0 amide bonds. The molecule has 0 fully saturated rings. The largest absolute Gasteiger partial charge is 0.506 e. The van der Waals surface area contributed by atoms with Gasteiger partial charge in [0.05, 0.1) is 18.4 Å². The second-order valence-corrected chi connectivity index (χ2v) is 3.85. The summed E-state index contributed by atoms with van der Waals surface area (Å²) in [5, 5.41) is 9.18. The summed E-state index contributed by atoms with van der Waals surface area (Å²) < 4.78 is 14.6. The highest BCUT2D eigenvalue weighted by atomic mass is 31.2. The Morgan fingerprint density at radius 2 is 2.13 bits per heavy atom. The number of phosphoric ester groups is 1. The van der Waals surface area contributed by atoms with Gasteiger partial charge in [-0.2, -0.15) is 0 Å². The van der Waals surface area contributed by atoms with E-state index in [1.54, 1.807) is 0 Å². The molecule has 3 N–H and O–H groups in total. The molecule has 0 aliphatic heterocycles. The van der Waals surface area contributed by atoms with Gasteiger partial charge in [0, 0.05) is 11.8 Å². The normalized spacial score (nSPS) is 11.3. The van der Waals surface area contributed by atoms with Crippen molar-refractivity contribution in [2.75, 3.05) is 0 Å². The Balaban J connectivity index is 2.90. The Bertz CT molecular complexity index is 414. The lowest BCUT2D eigenvalue weighted by atomic mass is 10.1. The van der Waals surface area contributed by atoms with E-state index in [9.17, 15) is 14.5 Å². The molecule has 0 saturated carbocycles. The number of carbonyl (C=O) groups is 1. The third-order valence-corrected chi connectivity index (χ3v) is 2.02. The first kappa shape index (κ1) is 11.8. The summed E-state index contributed by atoms with van der Waals surface area (Å²) in [6.45, 7) is -0.500. The number of aromatic hydroxyl groups is 1. The van der Waals surface area contributed by atoms with Crippen molar-refractivity contribution in [3.8, 4) is 5.75 Å². The van der Waals surface area contributed by atoms with Crippen LogP contribution in [-0.2, 0) is 15.7 Å². The third kappa shape index (κ3) is 3.41. The van der Waals surface area contributed by atoms with Gasteiger partial charge in [0.15, 0.2) is 6.29 Å². The number of hydrogen-bond acceptors (Lipinski definition) is 5. The minimum Gasteiger partial charge on any atom is -0.506 e. The number of hydrogen-bond donors (Lipinski definition) is 3. The fourth-order valence-corrected chi connectivity index (χ4v) is 1.21. The van der Waals surface area contributed by atoms with Crippen molar-refractivity contribution in [3.05, 3.63) is 23.5 Å². The van der Waals surface area contributed by atoms with Gasteiger partial charge < -0.3 is 14.9 Å². The zero-order chi connectivity index (χ0) is 11.5. The number of carbonyl (C=O) groups excluding carboxylic acids is 1. The standard InChI is InChI=1S/C7H8NO6P/c9-3-6-5(1-8-2-7(6)10)4-14-15(11,12)13/h1-3,10H,4H2,(H2,11,12,13). The summed E-state index contributed by atoms with van der Waals surface area (Å²) >= 11 is 0. The molecular weight excluding hydrogens is 225 g/mol. The van der Waals surface area contributed by atoms with Crippen LogP contribution in [0, 0.1) is 0 Å². The zero-order valence-corrected chi connectivity index (χ0v) is 8.29. The summed E-state index contributed by atoms with van der Waals surface area (Å²) in [4.78, 5) is 30.9. The number of aldehydes is 1. The predicted octanol–water partition coefficient (Wildman–Crippen LogP) is 0.209. The van der Waals surface area contributed by atoms with Crippen molar-refractivity contribution < 1.29 is 28.8 Å². The van der Waals surface area contributed by atoms with Crippen LogP contribution in [0.1, 0.15) is 15.9 Å². The van der Waals surface area contributed by atoms with Crippen molar-refractivity contribution in [2.45, 2.75) is 6.61 Å². The second-order valence-electron chi connectivity index (χ2n) is 2.61. The smallest absolute Gasteiger partial charge is 0.469 e. The lowest BCUT2D eigenvalue weighted by Crippen LogP contribution is -1.97. The molecule has 0 bridgehead atoms. The van der Waals surface area contributed by atoms with E-state index in [1.165, 1.54) is 6.20 Å². The monoisotopic (exact) mass is 233 g/mol. The van der Waals surface area contributed by atoms with Crippen LogP contribution >= 0.6 is 7.82 Å². The molecule has 0 radical (unpaired) electrons. The number of nitrogens with zero attached hydrogens (tertiary/aromatic N) is 1. The van der Waals surface area contributed by atoms with E-state index in [1.807, 2.05) is 0 Å². The summed E-state index contributed by atoms with van der Waals surface area (Å²) in [5.41, 5.74) is 0.00627. The van der Waals surface area contributed by atoms with Crippen LogP contribution in [0.3, 0.4) is 0 Å². The average molecular weight is 233 g/mol. The SMILES string of the molecule is O=Cc1c(O)cncc1COP(=O)(O)O. The van der Waals surface area contributed by atoms with Crippen LogP contribution < -0.4 is 0 Å². The fourth-order valence-electron chi connectivity index (χ4n) is 0.906. The first-order chi connectivity index (χ1) is 6.94. The molecule has 0 aliphatic carbocycles. The maximum absolute atomic E-state index is 10.5. The fraction of sp³-hybridized carbons (Fsp3) is 0.143. The number of pyridine rings is 1. The Kier molecular flexibility index (Phi) is 3.54. The Hall–Kier alpha value is -1.27. The highest BCUT2D eigenvalue weighted by Gasteiger charge is 2.16. The highest BCUT2D eigenvalue weighted by Crippen LogP contribution is 2.37. The molecule has 8 heteroatoms. The second kappa shape index (κ2) is 4.50. The molecule has 0 unspecified atom stereocenters. The third-order valence-electron chi connectivity index (χ3n) is 1.56. The van der Waals surface area contributed by atoms with Crippen molar-refractivity contribution >= 4 is 14.1 Å². The molecule has 0 aliphatic rings. The van der Waals surface area contributed by atoms with E-state index >= 15 is 0 Å². The van der Waals surface area contributed by atoms with E-state index in [4.69, 9.17) is 9.79 Å². The van der Waals surface area contributed by atoms with Gasteiger partial charge in [-0.1, -0.05) is 0 Å². The molecule has 0 spiro atoms. The molecule has 1 aromatic rings. The lowest BCUT2D eigenvalue weighted by Gasteiger charge is -2.07. The molecule has 0 saturated heterocycles. The molecule has 1 heterocycles. The van der Waals surface area contributed by atoms with Crippen LogP contribution in [0.2, 0.25) is 0 Å². The molecule has 82 valence electrons. The Morgan fingerprint density at radius 3 is 2.67 bits per heavy atom. The van der Waals surface area contributed by atoms with Crippen LogP contribution in [0.5, 0.6) is 5.75 Å². The van der Waals surface area contributed by atoms with E-state index < -0.39 is 14.4 Å². The van der Waals surface area contributed by atoms with Crippen LogP contribution in [0.4, 0.5) is 0 Å². The van der Waals surface area contributed by atoms with Gasteiger partial charge >= 0.3 is 7.82 Å². The number of phosphoric acid groups is 1. The molecule has 1 aromatic heterocycles. The van der Waals surface area contributed by atoms with E-state index in [2.05, 4.69) is 9.51 Å². The average Bonchev–Trinajstić information content (AvgIpc) is 2.13. The molecule has 7 nitrogen and oxygen atoms in total. The Labute approximate surface area is 84.6 Å². The van der Waals surface area contributed by atoms with Crippen LogP contribution in [0.15, 0.2) is 12.4 Å². The van der Waals surface area contributed by atoms with Crippen LogP contribution in [0.25, 0.3) is 0 Å². The highest BCUT2D eigenvalue weighted by molar-refractivity contribution is 7.46. The van der Waals surface area contributed by atoms with Gasteiger partial charge in [0.1, 0.15) is 5.75 Å². The van der Waals surface area contributed by atoms with Crippen molar-refractivity contribution in [1.82, 2.24) is 4.98 Å². The molecule has 1 rings (SSSR count). The molecule has 0 atom stereocenters. The van der Waals surface area contributed by atoms with Gasteiger partial charge in [-0.15, -0.1) is 0 Å². The maximum Gasteiger partial charge on any atom is 0.469 e. The summed E-state index contributed by atoms with van der Waals surface area (Å²) in [7, 11) is -4.60. The molecular formula is C7H8NO6P. The van der Waals surface area contributed by atoms with E-state index in [-0.39, 0.29) is 16.9 Å². The van der Waals surface area contributed by atoms with Gasteiger partial charge in [-0.3, -0.25) is 14.3 Å². The van der Waals surface area contributed by atoms with Crippen molar-refractivity contribution in [1.29, 1.82) is 0 Å². The first-order valence-electron chi connectivity index (χ1n) is 3.75.